The van der Waals surface area contributed by atoms with Crippen LogP contribution >= 0.6 is 0 Å². The molecule has 0 unspecified atom stereocenters. The Morgan fingerprint density at radius 2 is 2.19 bits per heavy atom. The van der Waals surface area contributed by atoms with Gasteiger partial charge in [0.15, 0.2) is 10.7 Å². The fourth-order valence-electron chi connectivity index (χ4n) is 1.96. The van der Waals surface area contributed by atoms with Crippen LogP contribution in [0.5, 0.6) is 0 Å². The van der Waals surface area contributed by atoms with Gasteiger partial charge in [0.2, 0.25) is 0 Å². The maximum absolute atomic E-state index is 10.6. The maximum atomic E-state index is 10.6. The lowest BCUT2D eigenvalue weighted by Gasteiger charge is -2.26. The van der Waals surface area contributed by atoms with Crippen LogP contribution in [0, 0.1) is 11.3 Å². The average Bonchev–Trinajstić information content (AvgIpc) is 2.27. The summed E-state index contributed by atoms with van der Waals surface area (Å²) in [5.74, 6) is 0.120. The van der Waals surface area contributed by atoms with E-state index >= 15 is 0 Å². The summed E-state index contributed by atoms with van der Waals surface area (Å²) in [6.07, 6.45) is 0.814. The van der Waals surface area contributed by atoms with Crippen LogP contribution in [0.1, 0.15) is 16.7 Å². The zero-order chi connectivity index (χ0) is 11.5. The number of nitriles is 1. The standard InChI is InChI=1S/C11H12N2O2S/c12-6-9-1-2-11-7-13(8-16(14)15)4-3-10(11)5-9/h1-2,5,16H,3-4,7-8H2. The molecule has 1 aliphatic heterocycles. The molecule has 0 saturated carbocycles. The van der Waals surface area contributed by atoms with Crippen molar-refractivity contribution in [2.45, 2.75) is 13.0 Å². The smallest absolute Gasteiger partial charge is 0.153 e. The van der Waals surface area contributed by atoms with Crippen LogP contribution in [0.3, 0.4) is 0 Å². The number of hydrogen-bond donors (Lipinski definition) is 1. The molecule has 84 valence electrons. The molecule has 0 radical (unpaired) electrons. The van der Waals surface area contributed by atoms with Crippen molar-refractivity contribution >= 4 is 10.7 Å². The Morgan fingerprint density at radius 3 is 2.88 bits per heavy atom. The molecule has 5 heteroatoms. The number of thiol groups is 1. The molecule has 0 spiro atoms. The second kappa shape index (κ2) is 4.64. The van der Waals surface area contributed by atoms with E-state index in [0.29, 0.717) is 12.1 Å². The molecule has 1 aromatic rings. The van der Waals surface area contributed by atoms with E-state index in [9.17, 15) is 8.42 Å². The summed E-state index contributed by atoms with van der Waals surface area (Å²) in [4.78, 5) is 1.90. The van der Waals surface area contributed by atoms with Gasteiger partial charge in [-0.05, 0) is 29.7 Å². The average molecular weight is 236 g/mol. The highest BCUT2D eigenvalue weighted by Gasteiger charge is 2.16. The Hall–Kier alpha value is -1.38. The summed E-state index contributed by atoms with van der Waals surface area (Å²) in [6, 6.07) is 7.69. The zero-order valence-corrected chi connectivity index (χ0v) is 9.61. The maximum Gasteiger partial charge on any atom is 0.153 e. The van der Waals surface area contributed by atoms with Crippen LogP contribution in [0.25, 0.3) is 0 Å². The SMILES string of the molecule is N#Cc1ccc2c(c1)CCN(C[SH](=O)=O)C2. The van der Waals surface area contributed by atoms with E-state index in [2.05, 4.69) is 6.07 Å². The first-order valence-electron chi connectivity index (χ1n) is 5.05. The fourth-order valence-corrected chi connectivity index (χ4v) is 2.53. The van der Waals surface area contributed by atoms with E-state index in [1.807, 2.05) is 17.0 Å². The third-order valence-electron chi connectivity index (χ3n) is 2.74. The predicted molar refractivity (Wildman–Crippen MR) is 60.5 cm³/mol. The van der Waals surface area contributed by atoms with Crippen molar-refractivity contribution in [3.8, 4) is 6.07 Å². The Kier molecular flexibility index (Phi) is 3.22. The normalized spacial score (nSPS) is 15.8. The van der Waals surface area contributed by atoms with Gasteiger partial charge in [-0.2, -0.15) is 5.26 Å². The fraction of sp³-hybridized carbons (Fsp3) is 0.364. The van der Waals surface area contributed by atoms with Crippen LogP contribution < -0.4 is 0 Å². The van der Waals surface area contributed by atoms with Crippen LogP contribution in [0.4, 0.5) is 0 Å². The molecular weight excluding hydrogens is 224 g/mol. The van der Waals surface area contributed by atoms with Gasteiger partial charge in [0.05, 0.1) is 17.5 Å². The third-order valence-corrected chi connectivity index (χ3v) is 3.37. The van der Waals surface area contributed by atoms with Crippen molar-refractivity contribution in [2.24, 2.45) is 0 Å². The van der Waals surface area contributed by atoms with Gasteiger partial charge < -0.3 is 0 Å². The van der Waals surface area contributed by atoms with Gasteiger partial charge >= 0.3 is 0 Å². The number of benzene rings is 1. The topological polar surface area (TPSA) is 61.2 Å². The highest BCUT2D eigenvalue weighted by molar-refractivity contribution is 7.72. The van der Waals surface area contributed by atoms with E-state index in [0.717, 1.165) is 24.1 Å². The van der Waals surface area contributed by atoms with Gasteiger partial charge in [-0.25, -0.2) is 8.42 Å². The van der Waals surface area contributed by atoms with Gasteiger partial charge in [0.1, 0.15) is 0 Å². The van der Waals surface area contributed by atoms with Crippen molar-refractivity contribution < 1.29 is 8.42 Å². The Balaban J connectivity index is 2.19. The molecule has 0 fully saturated rings. The van der Waals surface area contributed by atoms with E-state index < -0.39 is 10.7 Å². The molecule has 0 aromatic heterocycles. The van der Waals surface area contributed by atoms with E-state index in [4.69, 9.17) is 5.26 Å². The summed E-state index contributed by atoms with van der Waals surface area (Å²) in [5.41, 5.74) is 2.96. The van der Waals surface area contributed by atoms with Crippen LogP contribution in [-0.4, -0.2) is 25.7 Å². The minimum Gasteiger partial charge on any atom is -0.285 e. The number of fused-ring (bicyclic) bond motifs is 1. The third kappa shape index (κ3) is 2.40. The highest BCUT2D eigenvalue weighted by Crippen LogP contribution is 2.19. The van der Waals surface area contributed by atoms with Crippen LogP contribution in [0.15, 0.2) is 18.2 Å². The summed E-state index contributed by atoms with van der Waals surface area (Å²) in [6.45, 7) is 1.40. The minimum absolute atomic E-state index is 0.120. The molecule has 0 atom stereocenters. The molecule has 0 aliphatic carbocycles. The Bertz CT molecular complexity index is 509. The monoisotopic (exact) mass is 236 g/mol. The van der Waals surface area contributed by atoms with Gasteiger partial charge in [0.25, 0.3) is 0 Å². The summed E-state index contributed by atoms with van der Waals surface area (Å²) in [5, 5.41) is 8.77. The van der Waals surface area contributed by atoms with E-state index in [1.165, 1.54) is 0 Å². The van der Waals surface area contributed by atoms with Gasteiger partial charge in [-0.3, -0.25) is 4.90 Å². The molecule has 0 N–H and O–H groups in total. The summed E-state index contributed by atoms with van der Waals surface area (Å²) >= 11 is 0. The molecule has 1 aliphatic rings. The lowest BCUT2D eigenvalue weighted by Crippen LogP contribution is -2.31. The first-order valence-corrected chi connectivity index (χ1v) is 6.41. The molecule has 1 heterocycles. The molecule has 16 heavy (non-hydrogen) atoms. The molecule has 2 rings (SSSR count). The predicted octanol–water partition coefficient (Wildman–Crippen LogP) is 0.485. The van der Waals surface area contributed by atoms with Gasteiger partial charge in [0, 0.05) is 13.1 Å². The second-order valence-electron chi connectivity index (χ2n) is 3.87. The number of hydrogen-bond acceptors (Lipinski definition) is 4. The van der Waals surface area contributed by atoms with Crippen LogP contribution in [-0.2, 0) is 23.7 Å². The molecular formula is C11H12N2O2S. The first kappa shape index (κ1) is 11.1. The number of rotatable bonds is 2. The lowest BCUT2D eigenvalue weighted by molar-refractivity contribution is 0.295. The first-order chi connectivity index (χ1) is 7.69. The lowest BCUT2D eigenvalue weighted by atomic mass is 9.98. The van der Waals surface area contributed by atoms with Crippen molar-refractivity contribution in [2.75, 3.05) is 12.4 Å². The van der Waals surface area contributed by atoms with Crippen LogP contribution in [0.2, 0.25) is 0 Å². The second-order valence-corrected chi connectivity index (χ2v) is 4.82. The molecule has 0 bridgehead atoms. The minimum atomic E-state index is -2.35. The molecule has 0 saturated heterocycles. The largest absolute Gasteiger partial charge is 0.285 e. The van der Waals surface area contributed by atoms with E-state index in [-0.39, 0.29) is 5.88 Å². The van der Waals surface area contributed by atoms with Crippen molar-refractivity contribution in [1.29, 1.82) is 5.26 Å². The van der Waals surface area contributed by atoms with Gasteiger partial charge in [-0.15, -0.1) is 0 Å². The van der Waals surface area contributed by atoms with Crippen molar-refractivity contribution in [3.05, 3.63) is 34.9 Å². The van der Waals surface area contributed by atoms with E-state index in [1.54, 1.807) is 6.07 Å². The molecule has 1 aromatic carbocycles. The number of nitrogens with zero attached hydrogens (tertiary/aromatic N) is 2. The Morgan fingerprint density at radius 1 is 1.38 bits per heavy atom. The van der Waals surface area contributed by atoms with Crippen molar-refractivity contribution in [3.63, 3.8) is 0 Å². The zero-order valence-electron chi connectivity index (χ0n) is 8.72. The summed E-state index contributed by atoms with van der Waals surface area (Å²) < 4.78 is 21.3. The van der Waals surface area contributed by atoms with Crippen molar-refractivity contribution in [1.82, 2.24) is 4.90 Å². The molecule has 4 nitrogen and oxygen atoms in total. The molecule has 0 amide bonds. The Labute approximate surface area is 96.1 Å². The van der Waals surface area contributed by atoms with Gasteiger partial charge in [-0.1, -0.05) is 6.07 Å². The quantitative estimate of drug-likeness (QED) is 0.759. The summed E-state index contributed by atoms with van der Waals surface area (Å²) in [7, 11) is -2.35. The highest BCUT2D eigenvalue weighted by atomic mass is 32.2.